The van der Waals surface area contributed by atoms with Crippen LogP contribution in [0.15, 0.2) is 30.5 Å². The Balaban J connectivity index is 1.20. The minimum Gasteiger partial charge on any atom is -0.360 e. The molecule has 1 saturated carbocycles. The molecule has 1 aromatic carbocycles. The first kappa shape index (κ1) is 20.7. The Morgan fingerprint density at radius 3 is 2.72 bits per heavy atom. The maximum Gasteiger partial charge on any atom is 0.325 e. The summed E-state index contributed by atoms with van der Waals surface area (Å²) in [5.41, 5.74) is 2.16. The zero-order chi connectivity index (χ0) is 22.3. The quantitative estimate of drug-likeness (QED) is 0.716. The molecule has 1 aromatic heterocycles. The van der Waals surface area contributed by atoms with Gasteiger partial charge in [-0.25, -0.2) is 9.18 Å². The molecule has 3 aliphatic rings. The van der Waals surface area contributed by atoms with Crippen molar-refractivity contribution in [1.82, 2.24) is 20.1 Å². The van der Waals surface area contributed by atoms with Gasteiger partial charge in [-0.1, -0.05) is 25.3 Å². The number of aromatic nitrogens is 1. The summed E-state index contributed by atoms with van der Waals surface area (Å²) >= 11 is 0. The summed E-state index contributed by atoms with van der Waals surface area (Å²) in [6.45, 7) is 1.17. The zero-order valence-corrected chi connectivity index (χ0v) is 18.0. The smallest absolute Gasteiger partial charge is 0.325 e. The number of urea groups is 1. The summed E-state index contributed by atoms with van der Waals surface area (Å²) < 4.78 is 13.4. The number of rotatable bonds is 4. The number of benzene rings is 1. The fraction of sp³-hybridized carbons (Fsp3) is 0.458. The van der Waals surface area contributed by atoms with Crippen LogP contribution in [0.25, 0.3) is 16.5 Å². The van der Waals surface area contributed by atoms with E-state index in [9.17, 15) is 18.8 Å². The van der Waals surface area contributed by atoms with Crippen LogP contribution in [-0.4, -0.2) is 57.8 Å². The van der Waals surface area contributed by atoms with Crippen molar-refractivity contribution >= 4 is 34.3 Å². The molecule has 2 N–H and O–H groups in total. The number of nitrogens with one attached hydrogen (secondary N) is 2. The van der Waals surface area contributed by atoms with Gasteiger partial charge in [-0.2, -0.15) is 0 Å². The molecular weight excluding hydrogens is 411 g/mol. The molecule has 0 atom stereocenters. The Morgan fingerprint density at radius 1 is 1.16 bits per heavy atom. The van der Waals surface area contributed by atoms with Gasteiger partial charge in [-0.15, -0.1) is 0 Å². The highest BCUT2D eigenvalue weighted by Crippen LogP contribution is 2.34. The van der Waals surface area contributed by atoms with Crippen LogP contribution in [0.1, 0.15) is 50.5 Å². The first-order chi connectivity index (χ1) is 15.5. The first-order valence-corrected chi connectivity index (χ1v) is 11.3. The van der Waals surface area contributed by atoms with Gasteiger partial charge < -0.3 is 15.2 Å². The van der Waals surface area contributed by atoms with E-state index in [1.165, 1.54) is 17.0 Å². The van der Waals surface area contributed by atoms with Gasteiger partial charge in [0, 0.05) is 48.7 Å². The van der Waals surface area contributed by atoms with Gasteiger partial charge in [0.05, 0.1) is 0 Å². The van der Waals surface area contributed by atoms with Crippen molar-refractivity contribution in [2.45, 2.75) is 50.5 Å². The number of carbonyl (C=O) groups is 3. The second-order valence-corrected chi connectivity index (χ2v) is 8.99. The summed E-state index contributed by atoms with van der Waals surface area (Å²) in [7, 11) is 0. The van der Waals surface area contributed by atoms with Crippen molar-refractivity contribution in [1.29, 1.82) is 0 Å². The van der Waals surface area contributed by atoms with Gasteiger partial charge in [-0.05, 0) is 43.0 Å². The Bertz CT molecular complexity index is 1120. The first-order valence-electron chi connectivity index (χ1n) is 11.3. The van der Waals surface area contributed by atoms with Crippen LogP contribution in [0.4, 0.5) is 9.18 Å². The highest BCUT2D eigenvalue weighted by Gasteiger charge is 2.51. The molecule has 32 heavy (non-hydrogen) atoms. The Kier molecular flexibility index (Phi) is 5.23. The van der Waals surface area contributed by atoms with Crippen LogP contribution >= 0.6 is 0 Å². The van der Waals surface area contributed by atoms with Crippen molar-refractivity contribution < 1.29 is 18.8 Å². The van der Waals surface area contributed by atoms with Crippen molar-refractivity contribution in [3.05, 3.63) is 41.9 Å². The molecular formula is C24H27FN4O3. The van der Waals surface area contributed by atoms with E-state index in [0.29, 0.717) is 32.4 Å². The third kappa shape index (κ3) is 3.57. The molecule has 2 aliphatic heterocycles. The van der Waals surface area contributed by atoms with Crippen LogP contribution in [0.2, 0.25) is 0 Å². The monoisotopic (exact) mass is 438 g/mol. The summed E-state index contributed by atoms with van der Waals surface area (Å²) in [5.74, 6) is -0.516. The molecule has 3 heterocycles. The molecule has 4 amide bonds. The number of nitrogens with zero attached hydrogens (tertiary/aromatic N) is 2. The lowest BCUT2D eigenvalue weighted by Gasteiger charge is -2.30. The van der Waals surface area contributed by atoms with Gasteiger partial charge >= 0.3 is 6.03 Å². The van der Waals surface area contributed by atoms with Gasteiger partial charge in [0.25, 0.3) is 5.91 Å². The van der Waals surface area contributed by atoms with E-state index in [1.54, 1.807) is 11.0 Å². The lowest BCUT2D eigenvalue weighted by Crippen LogP contribution is -2.48. The maximum absolute atomic E-state index is 13.4. The van der Waals surface area contributed by atoms with Crippen molar-refractivity contribution in [2.75, 3.05) is 19.6 Å². The van der Waals surface area contributed by atoms with E-state index in [-0.39, 0.29) is 36.6 Å². The van der Waals surface area contributed by atoms with Crippen molar-refractivity contribution in [2.24, 2.45) is 0 Å². The molecule has 2 fully saturated rings. The average molecular weight is 439 g/mol. The highest BCUT2D eigenvalue weighted by atomic mass is 19.1. The van der Waals surface area contributed by atoms with Crippen LogP contribution in [0.3, 0.4) is 0 Å². The second kappa shape index (κ2) is 8.07. The van der Waals surface area contributed by atoms with E-state index in [4.69, 9.17) is 0 Å². The van der Waals surface area contributed by atoms with Crippen molar-refractivity contribution in [3.8, 4) is 0 Å². The molecule has 168 valence electrons. The van der Waals surface area contributed by atoms with Crippen LogP contribution < -0.4 is 5.32 Å². The number of aromatic amines is 1. The minimum absolute atomic E-state index is 0.0634. The topological polar surface area (TPSA) is 85.5 Å². The number of H-pyrrole nitrogens is 1. The average Bonchev–Trinajstić information content (AvgIpc) is 3.31. The van der Waals surface area contributed by atoms with Crippen LogP contribution in [0.5, 0.6) is 0 Å². The van der Waals surface area contributed by atoms with E-state index < -0.39 is 5.54 Å². The van der Waals surface area contributed by atoms with Crippen LogP contribution in [0, 0.1) is 5.82 Å². The maximum atomic E-state index is 13.4. The molecule has 1 aliphatic carbocycles. The number of hydrogen-bond donors (Lipinski definition) is 2. The number of carbonyl (C=O) groups excluding carboxylic acids is 3. The van der Waals surface area contributed by atoms with Gasteiger partial charge in [0.15, 0.2) is 0 Å². The van der Waals surface area contributed by atoms with E-state index in [1.807, 2.05) is 12.3 Å². The van der Waals surface area contributed by atoms with E-state index in [2.05, 4.69) is 10.3 Å². The van der Waals surface area contributed by atoms with Gasteiger partial charge in [0.1, 0.15) is 11.4 Å². The van der Waals surface area contributed by atoms with E-state index >= 15 is 0 Å². The van der Waals surface area contributed by atoms with Crippen LogP contribution in [-0.2, 0) is 9.59 Å². The number of amides is 4. The molecule has 0 unspecified atom stereocenters. The Hall–Kier alpha value is -3.16. The largest absolute Gasteiger partial charge is 0.360 e. The summed E-state index contributed by atoms with van der Waals surface area (Å²) in [5, 5.41) is 3.85. The number of imide groups is 1. The summed E-state index contributed by atoms with van der Waals surface area (Å²) in [6.07, 6.45) is 9.06. The zero-order valence-electron chi connectivity index (χ0n) is 18.0. The molecule has 2 aromatic rings. The Labute approximate surface area is 185 Å². The molecule has 5 rings (SSSR count). The minimum atomic E-state index is -0.747. The predicted molar refractivity (Wildman–Crippen MR) is 118 cm³/mol. The van der Waals surface area contributed by atoms with Gasteiger partial charge in [0.2, 0.25) is 5.91 Å². The lowest BCUT2D eigenvalue weighted by molar-refractivity contribution is -0.134. The number of halogens is 1. The number of hydrogen-bond acceptors (Lipinski definition) is 3. The third-order valence-corrected chi connectivity index (χ3v) is 7.05. The molecule has 0 radical (unpaired) electrons. The lowest BCUT2D eigenvalue weighted by atomic mass is 9.82. The third-order valence-electron chi connectivity index (χ3n) is 7.05. The summed E-state index contributed by atoms with van der Waals surface area (Å²) in [4.78, 5) is 44.1. The van der Waals surface area contributed by atoms with Gasteiger partial charge in [-0.3, -0.25) is 14.5 Å². The molecule has 0 bridgehead atoms. The molecule has 7 nitrogen and oxygen atoms in total. The normalized spacial score (nSPS) is 20.7. The Morgan fingerprint density at radius 2 is 1.97 bits per heavy atom. The molecule has 1 spiro atoms. The number of fused-ring (bicyclic) bond motifs is 1. The second-order valence-electron chi connectivity index (χ2n) is 8.99. The highest BCUT2D eigenvalue weighted by molar-refractivity contribution is 6.07. The predicted octanol–water partition coefficient (Wildman–Crippen LogP) is 3.57. The molecule has 8 heteroatoms. The SMILES string of the molecule is O=C(CCN1C(=O)NC2(CCCCC2)C1=O)N1CC=C(c2c[nH]c3cc(F)ccc23)CC1. The summed E-state index contributed by atoms with van der Waals surface area (Å²) in [6, 6.07) is 4.32. The van der Waals surface area contributed by atoms with E-state index in [0.717, 1.165) is 41.3 Å². The fourth-order valence-corrected chi connectivity index (χ4v) is 5.24. The standard InChI is InChI=1S/C24H27FN4O3/c25-17-4-5-18-19(15-26-20(18)14-17)16-6-11-28(12-7-16)21(30)8-13-29-22(31)24(27-23(29)32)9-2-1-3-10-24/h4-6,14-15,26H,1-3,7-13H2,(H,27,32). The molecule has 1 saturated heterocycles. The fourth-order valence-electron chi connectivity index (χ4n) is 5.24. The van der Waals surface area contributed by atoms with Crippen molar-refractivity contribution in [3.63, 3.8) is 0 Å².